The van der Waals surface area contributed by atoms with Crippen molar-refractivity contribution >= 4 is 17.5 Å². The second kappa shape index (κ2) is 7.08. The second-order valence-corrected chi connectivity index (χ2v) is 6.24. The van der Waals surface area contributed by atoms with Crippen molar-refractivity contribution in [3.05, 3.63) is 29.6 Å². The van der Waals surface area contributed by atoms with Gasteiger partial charge in [0.2, 0.25) is 0 Å². The number of hydrogen-bond donors (Lipinski definition) is 2. The third kappa shape index (κ3) is 3.88. The van der Waals surface area contributed by atoms with Gasteiger partial charge in [0.05, 0.1) is 5.69 Å². The second-order valence-electron chi connectivity index (χ2n) is 6.24. The molecule has 0 bridgehead atoms. The Bertz CT molecular complexity index is 590. The highest BCUT2D eigenvalue weighted by Gasteiger charge is 2.35. The molecule has 0 spiro atoms. The summed E-state index contributed by atoms with van der Waals surface area (Å²) < 4.78 is 13.7. The van der Waals surface area contributed by atoms with Crippen molar-refractivity contribution < 1.29 is 19.1 Å². The van der Waals surface area contributed by atoms with Crippen LogP contribution in [0, 0.1) is 18.2 Å². The Morgan fingerprint density at radius 3 is 2.57 bits per heavy atom. The lowest BCUT2D eigenvalue weighted by atomic mass is 9.77. The number of piperidine rings is 1. The standard InChI is InChI=1S/C17H23FN2O3/c1-3-17(11-21)6-8-20(9-7-17)16(23)15(22)19-14-10-12(2)4-5-13(14)18/h4-5,10,21H,3,6-9,11H2,1-2H3,(H,19,22). The van der Waals surface area contributed by atoms with E-state index in [0.29, 0.717) is 25.9 Å². The number of halogens is 1. The molecule has 0 saturated carbocycles. The molecule has 1 aromatic rings. The van der Waals surface area contributed by atoms with Gasteiger partial charge in [0, 0.05) is 19.7 Å². The summed E-state index contributed by atoms with van der Waals surface area (Å²) in [7, 11) is 0. The van der Waals surface area contributed by atoms with Crippen LogP contribution in [0.3, 0.4) is 0 Å². The molecule has 5 nitrogen and oxygen atoms in total. The van der Waals surface area contributed by atoms with Gasteiger partial charge in [0.15, 0.2) is 0 Å². The molecule has 1 aliphatic rings. The fraction of sp³-hybridized carbons (Fsp3) is 0.529. The van der Waals surface area contributed by atoms with E-state index in [1.165, 1.54) is 17.0 Å². The van der Waals surface area contributed by atoms with Crippen molar-refractivity contribution in [2.24, 2.45) is 5.41 Å². The number of carbonyl (C=O) groups is 2. The molecule has 2 amide bonds. The average Bonchev–Trinajstić information content (AvgIpc) is 2.57. The molecular formula is C17H23FN2O3. The number of aliphatic hydroxyl groups excluding tert-OH is 1. The van der Waals surface area contributed by atoms with Crippen molar-refractivity contribution in [1.29, 1.82) is 0 Å². The normalized spacial score (nSPS) is 17.0. The zero-order chi connectivity index (χ0) is 17.0. The number of amides is 2. The van der Waals surface area contributed by atoms with Crippen LogP contribution in [0.25, 0.3) is 0 Å². The summed E-state index contributed by atoms with van der Waals surface area (Å²) in [5.74, 6) is -2.06. The molecule has 23 heavy (non-hydrogen) atoms. The highest BCUT2D eigenvalue weighted by molar-refractivity contribution is 6.39. The predicted molar refractivity (Wildman–Crippen MR) is 85.4 cm³/mol. The van der Waals surface area contributed by atoms with Crippen LogP contribution in [-0.2, 0) is 9.59 Å². The third-order valence-electron chi connectivity index (χ3n) is 4.76. The summed E-state index contributed by atoms with van der Waals surface area (Å²) in [6.07, 6.45) is 2.17. The van der Waals surface area contributed by atoms with E-state index in [0.717, 1.165) is 12.0 Å². The molecule has 1 aliphatic heterocycles. The van der Waals surface area contributed by atoms with E-state index in [1.54, 1.807) is 13.0 Å². The van der Waals surface area contributed by atoms with E-state index in [9.17, 15) is 19.1 Å². The fourth-order valence-electron chi connectivity index (χ4n) is 2.86. The SMILES string of the molecule is CCC1(CO)CCN(C(=O)C(=O)Nc2cc(C)ccc2F)CC1. The summed E-state index contributed by atoms with van der Waals surface area (Å²) in [6, 6.07) is 4.34. The van der Waals surface area contributed by atoms with Gasteiger partial charge in [-0.05, 0) is 49.3 Å². The fourth-order valence-corrected chi connectivity index (χ4v) is 2.86. The zero-order valence-corrected chi connectivity index (χ0v) is 13.6. The van der Waals surface area contributed by atoms with Crippen LogP contribution in [0.4, 0.5) is 10.1 Å². The number of benzene rings is 1. The molecule has 6 heteroatoms. The van der Waals surface area contributed by atoms with Gasteiger partial charge in [-0.3, -0.25) is 9.59 Å². The molecule has 0 aliphatic carbocycles. The van der Waals surface area contributed by atoms with Crippen LogP contribution < -0.4 is 5.32 Å². The van der Waals surface area contributed by atoms with E-state index < -0.39 is 17.6 Å². The minimum Gasteiger partial charge on any atom is -0.396 e. The monoisotopic (exact) mass is 322 g/mol. The molecule has 0 radical (unpaired) electrons. The first-order valence-corrected chi connectivity index (χ1v) is 7.88. The lowest BCUT2D eigenvalue weighted by Crippen LogP contribution is -2.48. The van der Waals surface area contributed by atoms with Crippen molar-refractivity contribution in [1.82, 2.24) is 4.90 Å². The van der Waals surface area contributed by atoms with Crippen LogP contribution in [0.15, 0.2) is 18.2 Å². The first-order chi connectivity index (χ1) is 10.9. The zero-order valence-electron chi connectivity index (χ0n) is 13.6. The number of nitrogens with one attached hydrogen (secondary N) is 1. The number of aryl methyl sites for hydroxylation is 1. The third-order valence-corrected chi connectivity index (χ3v) is 4.76. The molecule has 1 heterocycles. The highest BCUT2D eigenvalue weighted by Crippen LogP contribution is 2.34. The molecule has 1 fully saturated rings. The lowest BCUT2D eigenvalue weighted by Gasteiger charge is -2.39. The van der Waals surface area contributed by atoms with E-state index in [2.05, 4.69) is 5.32 Å². The van der Waals surface area contributed by atoms with Crippen LogP contribution >= 0.6 is 0 Å². The molecular weight excluding hydrogens is 299 g/mol. The van der Waals surface area contributed by atoms with Gasteiger partial charge in [0.25, 0.3) is 0 Å². The number of likely N-dealkylation sites (tertiary alicyclic amines) is 1. The Morgan fingerprint density at radius 2 is 2.00 bits per heavy atom. The molecule has 0 atom stereocenters. The summed E-state index contributed by atoms with van der Waals surface area (Å²) >= 11 is 0. The van der Waals surface area contributed by atoms with E-state index >= 15 is 0 Å². The number of hydrogen-bond acceptors (Lipinski definition) is 3. The molecule has 2 N–H and O–H groups in total. The lowest BCUT2D eigenvalue weighted by molar-refractivity contribution is -0.145. The van der Waals surface area contributed by atoms with Crippen molar-refractivity contribution in [3.63, 3.8) is 0 Å². The van der Waals surface area contributed by atoms with E-state index in [4.69, 9.17) is 0 Å². The largest absolute Gasteiger partial charge is 0.396 e. The smallest absolute Gasteiger partial charge is 0.313 e. The van der Waals surface area contributed by atoms with Gasteiger partial charge in [0.1, 0.15) is 5.82 Å². The molecule has 0 unspecified atom stereocenters. The van der Waals surface area contributed by atoms with Crippen LogP contribution in [0.5, 0.6) is 0 Å². The minimum absolute atomic E-state index is 0.0126. The minimum atomic E-state index is -0.831. The Balaban J connectivity index is 1.98. The first-order valence-electron chi connectivity index (χ1n) is 7.88. The molecule has 0 aromatic heterocycles. The Hall–Kier alpha value is -1.95. The number of rotatable bonds is 3. The summed E-state index contributed by atoms with van der Waals surface area (Å²) in [5.41, 5.74) is 0.650. The Kier molecular flexibility index (Phi) is 5.36. The van der Waals surface area contributed by atoms with Gasteiger partial charge in [-0.1, -0.05) is 13.0 Å². The Labute approximate surface area is 135 Å². The summed E-state index contributed by atoms with van der Waals surface area (Å²) in [6.45, 7) is 4.74. The molecule has 1 saturated heterocycles. The van der Waals surface area contributed by atoms with E-state index in [-0.39, 0.29) is 17.7 Å². The maximum Gasteiger partial charge on any atom is 0.313 e. The first kappa shape index (κ1) is 17.4. The molecule has 126 valence electrons. The van der Waals surface area contributed by atoms with Crippen molar-refractivity contribution in [3.8, 4) is 0 Å². The van der Waals surface area contributed by atoms with Gasteiger partial charge in [-0.25, -0.2) is 4.39 Å². The maximum atomic E-state index is 13.7. The molecule has 2 rings (SSSR count). The summed E-state index contributed by atoms with van der Waals surface area (Å²) in [4.78, 5) is 25.7. The Morgan fingerprint density at radius 1 is 1.35 bits per heavy atom. The van der Waals surface area contributed by atoms with Gasteiger partial charge >= 0.3 is 11.8 Å². The number of anilines is 1. The quantitative estimate of drug-likeness (QED) is 0.837. The number of carbonyl (C=O) groups excluding carboxylic acids is 2. The topological polar surface area (TPSA) is 69.6 Å². The number of aliphatic hydroxyl groups is 1. The van der Waals surface area contributed by atoms with Gasteiger partial charge < -0.3 is 15.3 Å². The average molecular weight is 322 g/mol. The van der Waals surface area contributed by atoms with E-state index in [1.807, 2.05) is 6.92 Å². The van der Waals surface area contributed by atoms with Crippen LogP contribution in [-0.4, -0.2) is 41.5 Å². The van der Waals surface area contributed by atoms with Crippen molar-refractivity contribution in [2.75, 3.05) is 25.0 Å². The van der Waals surface area contributed by atoms with Gasteiger partial charge in [-0.2, -0.15) is 0 Å². The van der Waals surface area contributed by atoms with Gasteiger partial charge in [-0.15, -0.1) is 0 Å². The summed E-state index contributed by atoms with van der Waals surface area (Å²) in [5, 5.41) is 11.8. The number of nitrogens with zero attached hydrogens (tertiary/aromatic N) is 1. The maximum absolute atomic E-state index is 13.7. The predicted octanol–water partition coefficient (Wildman–Crippen LogP) is 2.08. The molecule has 1 aromatic carbocycles. The van der Waals surface area contributed by atoms with Crippen molar-refractivity contribution in [2.45, 2.75) is 33.1 Å². The highest BCUT2D eigenvalue weighted by atomic mass is 19.1. The van der Waals surface area contributed by atoms with Crippen LogP contribution in [0.2, 0.25) is 0 Å². The van der Waals surface area contributed by atoms with Crippen LogP contribution in [0.1, 0.15) is 31.7 Å².